The Morgan fingerprint density at radius 3 is 1.75 bits per heavy atom. The van der Waals surface area contributed by atoms with Gasteiger partial charge in [-0.1, -0.05) is 36.7 Å². The molecule has 0 aliphatic rings. The third-order valence-electron chi connectivity index (χ3n) is 1.54. The zero-order chi connectivity index (χ0) is 10.2. The molecular weight excluding hydrogens is 244 g/mol. The second kappa shape index (κ2) is 3.64. The highest BCUT2D eigenvalue weighted by molar-refractivity contribution is 9.11. The molecule has 3 nitrogen and oxygen atoms in total. The summed E-state index contributed by atoms with van der Waals surface area (Å²) in [6.07, 6.45) is 0.203. The lowest BCUT2D eigenvalue weighted by Gasteiger charge is -2.28. The fraction of sp³-hybridized carbons (Fsp3) is 1.00. The second-order valence-electron chi connectivity index (χ2n) is 3.99. The van der Waals surface area contributed by atoms with Gasteiger partial charge in [-0.2, -0.15) is 0 Å². The summed E-state index contributed by atoms with van der Waals surface area (Å²) in [4.78, 5) is 0. The Labute approximate surface area is 82.2 Å². The fourth-order valence-electron chi connectivity index (χ4n) is 0.627. The van der Waals surface area contributed by atoms with Crippen molar-refractivity contribution in [2.75, 3.05) is 6.26 Å². The molecule has 0 bridgehead atoms. The van der Waals surface area contributed by atoms with Crippen LogP contribution in [-0.2, 0) is 9.84 Å². The molecule has 12 heavy (non-hydrogen) atoms. The second-order valence-corrected chi connectivity index (χ2v) is 7.75. The predicted octanol–water partition coefficient (Wildman–Crippen LogP) is 1.16. The maximum atomic E-state index is 11.0. The number of alkyl halides is 1. The minimum atomic E-state index is -3.22. The van der Waals surface area contributed by atoms with E-state index in [0.29, 0.717) is 0 Å². The zero-order valence-corrected chi connectivity index (χ0v) is 10.1. The standard InChI is InChI=1S/C7H15BrO3S/c1-7(2,3)5(9)6(8)12(4,10)11/h5-6,9H,1-4H3/t5-,6-/m1/s1. The van der Waals surface area contributed by atoms with Crippen molar-refractivity contribution < 1.29 is 13.5 Å². The quantitative estimate of drug-likeness (QED) is 0.757. The molecule has 0 aliphatic carbocycles. The van der Waals surface area contributed by atoms with E-state index < -0.39 is 25.5 Å². The van der Waals surface area contributed by atoms with Crippen LogP contribution in [0, 0.1) is 5.41 Å². The first kappa shape index (κ1) is 12.4. The van der Waals surface area contributed by atoms with E-state index in [9.17, 15) is 13.5 Å². The predicted molar refractivity (Wildman–Crippen MR) is 53.0 cm³/mol. The minimum Gasteiger partial charge on any atom is -0.390 e. The van der Waals surface area contributed by atoms with E-state index in [1.807, 2.05) is 0 Å². The average Bonchev–Trinajstić information content (AvgIpc) is 1.80. The molecule has 0 fully saturated rings. The highest BCUT2D eigenvalue weighted by atomic mass is 79.9. The van der Waals surface area contributed by atoms with Crippen molar-refractivity contribution in [1.82, 2.24) is 0 Å². The first-order chi connectivity index (χ1) is 5.07. The van der Waals surface area contributed by atoms with Gasteiger partial charge in [0.1, 0.15) is 4.16 Å². The van der Waals surface area contributed by atoms with Crippen LogP contribution in [0.3, 0.4) is 0 Å². The van der Waals surface area contributed by atoms with Crippen LogP contribution in [-0.4, -0.2) is 30.0 Å². The summed E-state index contributed by atoms with van der Waals surface area (Å²) in [5, 5.41) is 9.56. The molecule has 0 rings (SSSR count). The van der Waals surface area contributed by atoms with Gasteiger partial charge in [0.05, 0.1) is 6.10 Å². The number of sulfone groups is 1. The molecule has 0 spiro atoms. The van der Waals surface area contributed by atoms with E-state index in [1.54, 1.807) is 20.8 Å². The molecule has 0 saturated heterocycles. The van der Waals surface area contributed by atoms with Crippen molar-refractivity contribution in [2.24, 2.45) is 5.41 Å². The molecule has 0 amide bonds. The van der Waals surface area contributed by atoms with E-state index in [2.05, 4.69) is 15.9 Å². The van der Waals surface area contributed by atoms with E-state index >= 15 is 0 Å². The van der Waals surface area contributed by atoms with E-state index in [0.717, 1.165) is 6.26 Å². The maximum absolute atomic E-state index is 11.0. The fourth-order valence-corrected chi connectivity index (χ4v) is 2.30. The maximum Gasteiger partial charge on any atom is 0.162 e. The third-order valence-corrected chi connectivity index (χ3v) is 5.16. The largest absolute Gasteiger partial charge is 0.390 e. The number of hydrogen-bond donors (Lipinski definition) is 1. The van der Waals surface area contributed by atoms with Crippen molar-refractivity contribution in [2.45, 2.75) is 31.0 Å². The first-order valence-electron chi connectivity index (χ1n) is 3.58. The molecule has 0 aromatic rings. The summed E-state index contributed by atoms with van der Waals surface area (Å²) in [5.41, 5.74) is -0.433. The molecule has 0 radical (unpaired) electrons. The highest BCUT2D eigenvalue weighted by Gasteiger charge is 2.34. The number of hydrogen-bond acceptors (Lipinski definition) is 3. The molecule has 2 atom stereocenters. The molecule has 0 aliphatic heterocycles. The van der Waals surface area contributed by atoms with E-state index in [1.165, 1.54) is 0 Å². The summed E-state index contributed by atoms with van der Waals surface area (Å²) >= 11 is 2.96. The van der Waals surface area contributed by atoms with Crippen LogP contribution in [0.2, 0.25) is 0 Å². The van der Waals surface area contributed by atoms with E-state index in [4.69, 9.17) is 0 Å². The highest BCUT2D eigenvalue weighted by Crippen LogP contribution is 2.27. The SMILES string of the molecule is CC(C)(C)[C@H](O)[C@H](Br)S(C)(=O)=O. The van der Waals surface area contributed by atoms with Crippen LogP contribution in [0.1, 0.15) is 20.8 Å². The Hall–Kier alpha value is 0.390. The lowest BCUT2D eigenvalue weighted by atomic mass is 9.90. The monoisotopic (exact) mass is 258 g/mol. The van der Waals surface area contributed by atoms with Gasteiger partial charge in [0.25, 0.3) is 0 Å². The lowest BCUT2D eigenvalue weighted by Crippen LogP contribution is -2.38. The molecule has 0 heterocycles. The van der Waals surface area contributed by atoms with Crippen molar-refractivity contribution in [3.8, 4) is 0 Å². The van der Waals surface area contributed by atoms with Crippen LogP contribution in [0.5, 0.6) is 0 Å². The Kier molecular flexibility index (Phi) is 3.75. The molecule has 74 valence electrons. The average molecular weight is 259 g/mol. The van der Waals surface area contributed by atoms with Crippen molar-refractivity contribution in [1.29, 1.82) is 0 Å². The molecule has 1 N–H and O–H groups in total. The van der Waals surface area contributed by atoms with Gasteiger partial charge in [0.15, 0.2) is 9.84 Å². The van der Waals surface area contributed by atoms with Gasteiger partial charge in [0, 0.05) is 6.26 Å². The first-order valence-corrected chi connectivity index (χ1v) is 6.45. The van der Waals surface area contributed by atoms with Gasteiger partial charge in [-0.25, -0.2) is 8.42 Å². The lowest BCUT2D eigenvalue weighted by molar-refractivity contribution is 0.0773. The van der Waals surface area contributed by atoms with Gasteiger partial charge in [-0.15, -0.1) is 0 Å². The molecule has 0 aromatic carbocycles. The zero-order valence-electron chi connectivity index (χ0n) is 7.70. The van der Waals surface area contributed by atoms with Crippen molar-refractivity contribution in [3.63, 3.8) is 0 Å². The number of aliphatic hydroxyl groups excluding tert-OH is 1. The Morgan fingerprint density at radius 2 is 1.67 bits per heavy atom. The third kappa shape index (κ3) is 3.41. The molecule has 0 saturated carbocycles. The summed E-state index contributed by atoms with van der Waals surface area (Å²) in [5.74, 6) is 0. The molecule has 0 aromatic heterocycles. The molecule has 0 unspecified atom stereocenters. The number of rotatable bonds is 2. The Morgan fingerprint density at radius 1 is 1.33 bits per heavy atom. The van der Waals surface area contributed by atoms with Crippen LogP contribution in [0.25, 0.3) is 0 Å². The van der Waals surface area contributed by atoms with Gasteiger partial charge in [-0.05, 0) is 5.41 Å². The minimum absolute atomic E-state index is 0.433. The summed E-state index contributed by atoms with van der Waals surface area (Å²) in [6, 6.07) is 0. The number of aliphatic hydroxyl groups is 1. The summed E-state index contributed by atoms with van der Waals surface area (Å²) < 4.78 is 21.1. The van der Waals surface area contributed by atoms with Crippen LogP contribution < -0.4 is 0 Å². The molecule has 5 heteroatoms. The van der Waals surface area contributed by atoms with E-state index in [-0.39, 0.29) is 0 Å². The Balaban J connectivity index is 4.64. The van der Waals surface area contributed by atoms with Gasteiger partial charge in [0.2, 0.25) is 0 Å². The van der Waals surface area contributed by atoms with Crippen LogP contribution in [0.15, 0.2) is 0 Å². The normalized spacial score (nSPS) is 18.8. The summed E-state index contributed by atoms with van der Waals surface area (Å²) in [7, 11) is -3.22. The number of halogens is 1. The van der Waals surface area contributed by atoms with Gasteiger partial charge >= 0.3 is 0 Å². The van der Waals surface area contributed by atoms with Crippen LogP contribution in [0.4, 0.5) is 0 Å². The summed E-state index contributed by atoms with van der Waals surface area (Å²) in [6.45, 7) is 5.37. The van der Waals surface area contributed by atoms with Crippen molar-refractivity contribution >= 4 is 25.8 Å². The molecular formula is C7H15BrO3S. The smallest absolute Gasteiger partial charge is 0.162 e. The Bertz CT molecular complexity index is 240. The van der Waals surface area contributed by atoms with Gasteiger partial charge in [-0.3, -0.25) is 0 Å². The van der Waals surface area contributed by atoms with Crippen LogP contribution >= 0.6 is 15.9 Å². The topological polar surface area (TPSA) is 54.4 Å². The van der Waals surface area contributed by atoms with Crippen molar-refractivity contribution in [3.05, 3.63) is 0 Å². The van der Waals surface area contributed by atoms with Gasteiger partial charge < -0.3 is 5.11 Å².